The van der Waals surface area contributed by atoms with Gasteiger partial charge in [-0.05, 0) is 53.8 Å². The van der Waals surface area contributed by atoms with Gasteiger partial charge < -0.3 is 9.64 Å². The highest BCUT2D eigenvalue weighted by Crippen LogP contribution is 2.22. The van der Waals surface area contributed by atoms with Gasteiger partial charge in [-0.2, -0.15) is 9.29 Å². The van der Waals surface area contributed by atoms with Crippen LogP contribution in [0.5, 0.6) is 5.88 Å². The number of piperazine rings is 1. The van der Waals surface area contributed by atoms with E-state index < -0.39 is 10.0 Å². The summed E-state index contributed by atoms with van der Waals surface area (Å²) >= 11 is 2.16. The topological polar surface area (TPSA) is 75.6 Å². The highest BCUT2D eigenvalue weighted by atomic mass is 127. The molecule has 0 amide bonds. The molecule has 1 aliphatic heterocycles. The predicted octanol–water partition coefficient (Wildman–Crippen LogP) is 1.91. The monoisotopic (exact) mass is 474 g/mol. The van der Waals surface area contributed by atoms with E-state index in [1.54, 1.807) is 37.4 Å². The SMILES string of the molecule is COc1cc(N2CCN(S(=O)(=O)c3ccc(I)cc3)CC2)nc(C)n1. The molecule has 2 aromatic rings. The Hall–Kier alpha value is -1.46. The van der Waals surface area contributed by atoms with Crippen LogP contribution in [-0.2, 0) is 10.0 Å². The van der Waals surface area contributed by atoms with Crippen molar-refractivity contribution in [2.24, 2.45) is 0 Å². The molecule has 0 atom stereocenters. The fourth-order valence-electron chi connectivity index (χ4n) is 2.71. The summed E-state index contributed by atoms with van der Waals surface area (Å²) < 4.78 is 33.2. The van der Waals surface area contributed by atoms with Crippen LogP contribution in [0.3, 0.4) is 0 Å². The van der Waals surface area contributed by atoms with Gasteiger partial charge in [0.25, 0.3) is 0 Å². The second kappa shape index (κ2) is 7.42. The summed E-state index contributed by atoms with van der Waals surface area (Å²) in [5, 5.41) is 0. The van der Waals surface area contributed by atoms with E-state index in [0.29, 0.717) is 42.8 Å². The number of hydrogen-bond donors (Lipinski definition) is 0. The highest BCUT2D eigenvalue weighted by Gasteiger charge is 2.29. The lowest BCUT2D eigenvalue weighted by molar-refractivity contribution is 0.380. The third kappa shape index (κ3) is 4.04. The van der Waals surface area contributed by atoms with Crippen molar-refractivity contribution in [3.63, 3.8) is 0 Å². The maximum atomic E-state index is 12.8. The van der Waals surface area contributed by atoms with Crippen LogP contribution in [0.1, 0.15) is 5.82 Å². The summed E-state index contributed by atoms with van der Waals surface area (Å²) in [4.78, 5) is 11.0. The lowest BCUT2D eigenvalue weighted by Gasteiger charge is -2.34. The minimum Gasteiger partial charge on any atom is -0.481 e. The van der Waals surface area contributed by atoms with Crippen molar-refractivity contribution >= 4 is 38.4 Å². The molecule has 0 aliphatic carbocycles. The molecular weight excluding hydrogens is 455 g/mol. The number of halogens is 1. The Balaban J connectivity index is 1.73. The molecule has 0 saturated carbocycles. The quantitative estimate of drug-likeness (QED) is 0.631. The lowest BCUT2D eigenvalue weighted by Crippen LogP contribution is -2.49. The molecule has 134 valence electrons. The van der Waals surface area contributed by atoms with Gasteiger partial charge in [-0.1, -0.05) is 0 Å². The van der Waals surface area contributed by atoms with Crippen molar-refractivity contribution in [2.75, 3.05) is 38.2 Å². The zero-order valence-electron chi connectivity index (χ0n) is 14.0. The number of rotatable bonds is 4. The first-order chi connectivity index (χ1) is 11.9. The normalized spacial score (nSPS) is 16.0. The average molecular weight is 474 g/mol. The molecule has 0 bridgehead atoms. The summed E-state index contributed by atoms with van der Waals surface area (Å²) in [6, 6.07) is 8.69. The van der Waals surface area contributed by atoms with Crippen molar-refractivity contribution in [1.29, 1.82) is 0 Å². The van der Waals surface area contributed by atoms with Gasteiger partial charge in [0, 0.05) is 35.8 Å². The first-order valence-electron chi connectivity index (χ1n) is 7.80. The van der Waals surface area contributed by atoms with Crippen LogP contribution in [0.4, 0.5) is 5.82 Å². The molecule has 2 heterocycles. The Morgan fingerprint density at radius 2 is 1.72 bits per heavy atom. The molecule has 0 unspecified atom stereocenters. The number of nitrogens with zero attached hydrogens (tertiary/aromatic N) is 4. The summed E-state index contributed by atoms with van der Waals surface area (Å²) in [7, 11) is -1.89. The number of aryl methyl sites for hydroxylation is 1. The Morgan fingerprint density at radius 3 is 2.32 bits per heavy atom. The van der Waals surface area contributed by atoms with E-state index >= 15 is 0 Å². The van der Waals surface area contributed by atoms with Crippen molar-refractivity contribution in [3.05, 3.63) is 39.7 Å². The summed E-state index contributed by atoms with van der Waals surface area (Å²) in [5.74, 6) is 1.90. The number of methoxy groups -OCH3 is 1. The maximum Gasteiger partial charge on any atom is 0.243 e. The van der Waals surface area contributed by atoms with E-state index in [1.165, 1.54) is 4.31 Å². The Morgan fingerprint density at radius 1 is 1.08 bits per heavy atom. The van der Waals surface area contributed by atoms with Crippen LogP contribution in [0.15, 0.2) is 35.2 Å². The zero-order valence-corrected chi connectivity index (χ0v) is 17.0. The van der Waals surface area contributed by atoms with Crippen LogP contribution in [0.25, 0.3) is 0 Å². The van der Waals surface area contributed by atoms with Gasteiger partial charge in [-0.25, -0.2) is 13.4 Å². The van der Waals surface area contributed by atoms with Gasteiger partial charge in [-0.3, -0.25) is 0 Å². The molecule has 1 aliphatic rings. The van der Waals surface area contributed by atoms with E-state index in [1.807, 2.05) is 6.92 Å². The smallest absolute Gasteiger partial charge is 0.243 e. The fraction of sp³-hybridized carbons (Fsp3) is 0.375. The molecule has 1 aromatic heterocycles. The van der Waals surface area contributed by atoms with Gasteiger partial charge in [0.2, 0.25) is 15.9 Å². The summed E-state index contributed by atoms with van der Waals surface area (Å²) in [6.07, 6.45) is 0. The first-order valence-corrected chi connectivity index (χ1v) is 10.3. The molecule has 1 saturated heterocycles. The summed E-state index contributed by atoms with van der Waals surface area (Å²) in [6.45, 7) is 3.79. The van der Waals surface area contributed by atoms with Crippen LogP contribution < -0.4 is 9.64 Å². The molecule has 7 nitrogen and oxygen atoms in total. The van der Waals surface area contributed by atoms with Crippen molar-refractivity contribution < 1.29 is 13.2 Å². The van der Waals surface area contributed by atoms with Gasteiger partial charge in [-0.15, -0.1) is 0 Å². The van der Waals surface area contributed by atoms with E-state index in [2.05, 4.69) is 37.5 Å². The Bertz CT molecular complexity index is 850. The molecule has 0 N–H and O–H groups in total. The van der Waals surface area contributed by atoms with Gasteiger partial charge in [0.05, 0.1) is 12.0 Å². The van der Waals surface area contributed by atoms with Gasteiger partial charge in [0.1, 0.15) is 11.6 Å². The number of hydrogen-bond acceptors (Lipinski definition) is 6. The van der Waals surface area contributed by atoms with Gasteiger partial charge >= 0.3 is 0 Å². The first kappa shape index (κ1) is 18.3. The number of anilines is 1. The third-order valence-electron chi connectivity index (χ3n) is 4.02. The number of sulfonamides is 1. The molecule has 25 heavy (non-hydrogen) atoms. The largest absolute Gasteiger partial charge is 0.481 e. The van der Waals surface area contributed by atoms with Crippen LogP contribution in [0, 0.1) is 10.5 Å². The fourth-order valence-corrected chi connectivity index (χ4v) is 4.49. The third-order valence-corrected chi connectivity index (χ3v) is 6.66. The number of benzene rings is 1. The van der Waals surface area contributed by atoms with Crippen molar-refractivity contribution in [3.8, 4) is 5.88 Å². The lowest BCUT2D eigenvalue weighted by atomic mass is 10.3. The zero-order chi connectivity index (χ0) is 18.0. The summed E-state index contributed by atoms with van der Waals surface area (Å²) in [5.41, 5.74) is 0. The standard InChI is InChI=1S/C16H19IN4O3S/c1-12-18-15(11-16(19-12)24-2)20-7-9-21(10-8-20)25(22,23)14-5-3-13(17)4-6-14/h3-6,11H,7-10H2,1-2H3. The van der Waals surface area contributed by atoms with Crippen molar-refractivity contribution in [2.45, 2.75) is 11.8 Å². The predicted molar refractivity (Wildman–Crippen MR) is 103 cm³/mol. The minimum absolute atomic E-state index is 0.334. The maximum absolute atomic E-state index is 12.8. The highest BCUT2D eigenvalue weighted by molar-refractivity contribution is 14.1. The Kier molecular flexibility index (Phi) is 5.44. The van der Waals surface area contributed by atoms with Crippen molar-refractivity contribution in [1.82, 2.24) is 14.3 Å². The van der Waals surface area contributed by atoms with E-state index in [4.69, 9.17) is 4.74 Å². The molecule has 3 rings (SSSR count). The second-order valence-corrected chi connectivity index (χ2v) is 8.84. The molecule has 1 fully saturated rings. The minimum atomic E-state index is -3.46. The van der Waals surface area contributed by atoms with E-state index in [0.717, 1.165) is 9.39 Å². The van der Waals surface area contributed by atoms with E-state index in [-0.39, 0.29) is 0 Å². The van der Waals surface area contributed by atoms with E-state index in [9.17, 15) is 8.42 Å². The molecule has 0 spiro atoms. The Labute approximate surface area is 161 Å². The molecule has 9 heteroatoms. The molecule has 1 aromatic carbocycles. The molecular formula is C16H19IN4O3S. The van der Waals surface area contributed by atoms with Crippen LogP contribution >= 0.6 is 22.6 Å². The number of ether oxygens (including phenoxy) is 1. The number of aromatic nitrogens is 2. The average Bonchev–Trinajstić information content (AvgIpc) is 2.61. The van der Waals surface area contributed by atoms with Crippen LogP contribution in [0.2, 0.25) is 0 Å². The van der Waals surface area contributed by atoms with Gasteiger partial charge in [0.15, 0.2) is 0 Å². The van der Waals surface area contributed by atoms with Crippen LogP contribution in [-0.4, -0.2) is 56.0 Å². The molecule has 0 radical (unpaired) electrons. The second-order valence-electron chi connectivity index (χ2n) is 5.66.